The second-order valence-electron chi connectivity index (χ2n) is 6.76. The molecule has 0 aliphatic heterocycles. The number of hydrogen-bond acceptors (Lipinski definition) is 7. The van der Waals surface area contributed by atoms with Crippen LogP contribution >= 0.6 is 11.3 Å². The first-order valence-corrected chi connectivity index (χ1v) is 10.0. The van der Waals surface area contributed by atoms with Gasteiger partial charge in [0.15, 0.2) is 5.13 Å². The van der Waals surface area contributed by atoms with E-state index in [2.05, 4.69) is 15.3 Å². The van der Waals surface area contributed by atoms with Gasteiger partial charge >= 0.3 is 5.97 Å². The summed E-state index contributed by atoms with van der Waals surface area (Å²) in [7, 11) is 0. The normalized spacial score (nSPS) is 18.0. The summed E-state index contributed by atoms with van der Waals surface area (Å²) in [6.07, 6.45) is 5.45. The second kappa shape index (κ2) is 7.64. The highest BCUT2D eigenvalue weighted by Crippen LogP contribution is 2.39. The number of nitrogens with zero attached hydrogens (tertiary/aromatic N) is 2. The Morgan fingerprint density at radius 2 is 2.19 bits per heavy atom. The van der Waals surface area contributed by atoms with Crippen molar-refractivity contribution < 1.29 is 19.1 Å². The number of nitrogens with one attached hydrogen (secondary N) is 1. The lowest BCUT2D eigenvalue weighted by atomic mass is 10.1. The topological polar surface area (TPSA) is 90.4 Å². The maximum atomic E-state index is 12.5. The molecule has 0 radical (unpaired) electrons. The van der Waals surface area contributed by atoms with E-state index in [1.54, 1.807) is 25.3 Å². The lowest BCUT2D eigenvalue weighted by Crippen LogP contribution is -2.15. The summed E-state index contributed by atoms with van der Waals surface area (Å²) >= 11 is 1.41. The van der Waals surface area contributed by atoms with Crippen LogP contribution in [0.3, 0.4) is 0 Å². The van der Waals surface area contributed by atoms with Gasteiger partial charge in [0.2, 0.25) is 5.88 Å². The van der Waals surface area contributed by atoms with Crippen LogP contribution in [0.15, 0.2) is 18.3 Å². The van der Waals surface area contributed by atoms with Gasteiger partial charge < -0.3 is 9.47 Å². The highest BCUT2D eigenvalue weighted by Gasteiger charge is 2.33. The fourth-order valence-corrected chi connectivity index (χ4v) is 4.07. The van der Waals surface area contributed by atoms with Crippen LogP contribution in [-0.2, 0) is 16.0 Å². The Labute approximate surface area is 161 Å². The number of aryl methyl sites for hydroxylation is 1. The first-order chi connectivity index (χ1) is 13.1. The number of esters is 1. The molecule has 2 aliphatic carbocycles. The minimum absolute atomic E-state index is 0.244. The molecule has 2 aromatic rings. The van der Waals surface area contributed by atoms with Gasteiger partial charge in [-0.1, -0.05) is 0 Å². The minimum Gasteiger partial charge on any atom is -0.477 e. The van der Waals surface area contributed by atoms with Crippen molar-refractivity contribution in [2.75, 3.05) is 18.5 Å². The lowest BCUT2D eigenvalue weighted by molar-refractivity contribution is -0.145. The number of aromatic nitrogens is 2. The molecule has 27 heavy (non-hydrogen) atoms. The molecule has 1 unspecified atom stereocenters. The van der Waals surface area contributed by atoms with Gasteiger partial charge in [-0.05, 0) is 44.6 Å². The van der Waals surface area contributed by atoms with Crippen LogP contribution in [0.5, 0.6) is 5.88 Å². The molecule has 2 aliphatic rings. The van der Waals surface area contributed by atoms with Crippen LogP contribution < -0.4 is 10.1 Å². The van der Waals surface area contributed by atoms with Gasteiger partial charge in [-0.25, -0.2) is 9.97 Å². The van der Waals surface area contributed by atoms with Crippen molar-refractivity contribution in [3.63, 3.8) is 0 Å². The number of pyridine rings is 1. The van der Waals surface area contributed by atoms with E-state index in [0.717, 1.165) is 17.0 Å². The lowest BCUT2D eigenvalue weighted by Gasteiger charge is -2.08. The minimum atomic E-state index is -0.329. The van der Waals surface area contributed by atoms with Crippen molar-refractivity contribution in [2.45, 2.75) is 38.5 Å². The zero-order valence-electron chi connectivity index (χ0n) is 15.1. The van der Waals surface area contributed by atoms with Gasteiger partial charge in [-0.15, -0.1) is 11.3 Å². The number of carbonyl (C=O) groups is 2. The van der Waals surface area contributed by atoms with E-state index in [9.17, 15) is 9.59 Å². The number of fused-ring (bicyclic) bond motifs is 1. The monoisotopic (exact) mass is 387 g/mol. The van der Waals surface area contributed by atoms with Gasteiger partial charge in [-0.3, -0.25) is 14.9 Å². The highest BCUT2D eigenvalue weighted by molar-refractivity contribution is 7.16. The predicted molar refractivity (Wildman–Crippen MR) is 100 cm³/mol. The molecular formula is C19H21N3O4S. The van der Waals surface area contributed by atoms with Crippen LogP contribution in [0.1, 0.15) is 53.0 Å². The quantitative estimate of drug-likeness (QED) is 0.734. The van der Waals surface area contributed by atoms with E-state index in [0.29, 0.717) is 42.1 Å². The molecular weight excluding hydrogens is 366 g/mol. The van der Waals surface area contributed by atoms with E-state index in [-0.39, 0.29) is 17.8 Å². The number of hydrogen-bond donors (Lipinski definition) is 1. The molecule has 8 heteroatoms. The molecule has 1 N–H and O–H groups in total. The van der Waals surface area contributed by atoms with E-state index in [4.69, 9.17) is 9.47 Å². The van der Waals surface area contributed by atoms with Crippen molar-refractivity contribution in [3.05, 3.63) is 34.5 Å². The Morgan fingerprint density at radius 1 is 1.33 bits per heavy atom. The van der Waals surface area contributed by atoms with E-state index in [1.807, 2.05) is 0 Å². The molecule has 7 nitrogen and oxygen atoms in total. The fourth-order valence-electron chi connectivity index (χ4n) is 3.04. The average Bonchev–Trinajstić information content (AvgIpc) is 3.29. The molecule has 0 bridgehead atoms. The Hall–Kier alpha value is -2.48. The standard InChI is InChI=1S/C19H21N3O4S/c1-2-25-18(24)13-5-6-14-16(13)21-19(27-14)22-17(23)12-7-8-20-15(9-12)26-10-11-3-4-11/h7-9,11,13H,2-6,10H2,1H3,(H,21,22,23). The number of thiazole rings is 1. The van der Waals surface area contributed by atoms with Crippen LogP contribution in [0.2, 0.25) is 0 Å². The second-order valence-corrected chi connectivity index (χ2v) is 7.85. The Bertz CT molecular complexity index is 862. The van der Waals surface area contributed by atoms with Crippen molar-refractivity contribution >= 4 is 28.3 Å². The van der Waals surface area contributed by atoms with Crippen molar-refractivity contribution in [1.82, 2.24) is 9.97 Å². The fraction of sp³-hybridized carbons (Fsp3) is 0.474. The molecule has 0 aromatic carbocycles. The zero-order valence-corrected chi connectivity index (χ0v) is 15.9. The smallest absolute Gasteiger partial charge is 0.315 e. The molecule has 2 aromatic heterocycles. The third-order valence-electron chi connectivity index (χ3n) is 4.67. The van der Waals surface area contributed by atoms with Gasteiger partial charge in [0.25, 0.3) is 5.91 Å². The Balaban J connectivity index is 1.42. The van der Waals surface area contributed by atoms with Crippen LogP contribution in [0.4, 0.5) is 5.13 Å². The summed E-state index contributed by atoms with van der Waals surface area (Å²) < 4.78 is 10.7. The maximum Gasteiger partial charge on any atom is 0.315 e. The van der Waals surface area contributed by atoms with Gasteiger partial charge in [0, 0.05) is 22.7 Å². The van der Waals surface area contributed by atoms with Gasteiger partial charge in [0.05, 0.1) is 18.9 Å². The Kier molecular flexibility index (Phi) is 5.07. The molecule has 1 amide bonds. The van der Waals surface area contributed by atoms with Crippen molar-refractivity contribution in [1.29, 1.82) is 0 Å². The molecule has 1 fully saturated rings. The van der Waals surface area contributed by atoms with Gasteiger partial charge in [0.1, 0.15) is 5.92 Å². The van der Waals surface area contributed by atoms with Crippen LogP contribution in [0.25, 0.3) is 0 Å². The number of carbonyl (C=O) groups excluding carboxylic acids is 2. The molecule has 4 rings (SSSR count). The average molecular weight is 387 g/mol. The number of ether oxygens (including phenoxy) is 2. The first kappa shape index (κ1) is 17.9. The summed E-state index contributed by atoms with van der Waals surface area (Å²) in [5.41, 5.74) is 1.20. The summed E-state index contributed by atoms with van der Waals surface area (Å²) in [6.45, 7) is 2.79. The third-order valence-corrected chi connectivity index (χ3v) is 5.72. The Morgan fingerprint density at radius 3 is 2.96 bits per heavy atom. The first-order valence-electron chi connectivity index (χ1n) is 9.20. The maximum absolute atomic E-state index is 12.5. The molecule has 142 valence electrons. The molecule has 1 saturated carbocycles. The van der Waals surface area contributed by atoms with Crippen molar-refractivity contribution in [3.8, 4) is 5.88 Å². The largest absolute Gasteiger partial charge is 0.477 e. The SMILES string of the molecule is CCOC(=O)C1CCc2sc(NC(=O)c3ccnc(OCC4CC4)c3)nc21. The van der Waals surface area contributed by atoms with E-state index in [1.165, 1.54) is 24.2 Å². The molecule has 0 saturated heterocycles. The highest BCUT2D eigenvalue weighted by atomic mass is 32.1. The van der Waals surface area contributed by atoms with E-state index < -0.39 is 0 Å². The van der Waals surface area contributed by atoms with Gasteiger partial charge in [-0.2, -0.15) is 0 Å². The van der Waals surface area contributed by atoms with Crippen molar-refractivity contribution in [2.24, 2.45) is 5.92 Å². The predicted octanol–water partition coefficient (Wildman–Crippen LogP) is 3.17. The summed E-state index contributed by atoms with van der Waals surface area (Å²) in [5, 5.41) is 3.31. The third kappa shape index (κ3) is 4.10. The number of rotatable bonds is 7. The van der Waals surface area contributed by atoms with Crippen LogP contribution in [0, 0.1) is 5.92 Å². The molecule has 1 atom stereocenters. The molecule has 0 spiro atoms. The molecule has 2 heterocycles. The number of amides is 1. The zero-order chi connectivity index (χ0) is 18.8. The number of anilines is 1. The van der Waals surface area contributed by atoms with E-state index >= 15 is 0 Å². The summed E-state index contributed by atoms with van der Waals surface area (Å²) in [5.74, 6) is 0.234. The van der Waals surface area contributed by atoms with Crippen LogP contribution in [-0.4, -0.2) is 35.1 Å². The summed E-state index contributed by atoms with van der Waals surface area (Å²) in [4.78, 5) is 34.2. The summed E-state index contributed by atoms with van der Waals surface area (Å²) in [6, 6.07) is 3.28.